The van der Waals surface area contributed by atoms with Crippen molar-refractivity contribution in [1.29, 1.82) is 0 Å². The van der Waals surface area contributed by atoms with E-state index in [1.165, 1.54) is 17.4 Å². The van der Waals surface area contributed by atoms with E-state index in [0.717, 1.165) is 35.8 Å². The Balaban J connectivity index is 1.57. The first-order valence-corrected chi connectivity index (χ1v) is 13.3. The maximum atomic E-state index is 11.9. The molecule has 0 radical (unpaired) electrons. The highest BCUT2D eigenvalue weighted by Crippen LogP contribution is 2.27. The van der Waals surface area contributed by atoms with E-state index in [9.17, 15) is 4.79 Å². The molecule has 1 fully saturated rings. The van der Waals surface area contributed by atoms with Crippen molar-refractivity contribution in [1.82, 2.24) is 15.2 Å². The summed E-state index contributed by atoms with van der Waals surface area (Å²) in [6.07, 6.45) is 1.80. The fraction of sp³-hybridized carbons (Fsp3) is 0.346. The lowest BCUT2D eigenvalue weighted by Gasteiger charge is -2.29. The van der Waals surface area contributed by atoms with E-state index in [1.54, 1.807) is 0 Å². The van der Waals surface area contributed by atoms with E-state index in [2.05, 4.69) is 32.3 Å². The van der Waals surface area contributed by atoms with Gasteiger partial charge in [0.15, 0.2) is 5.01 Å². The highest BCUT2D eigenvalue weighted by molar-refractivity contribution is 7.81. The fourth-order valence-corrected chi connectivity index (χ4v) is 4.79. The van der Waals surface area contributed by atoms with Gasteiger partial charge >= 0.3 is 6.09 Å². The first kappa shape index (κ1) is 26.6. The highest BCUT2D eigenvalue weighted by Gasteiger charge is 2.19. The smallest absolute Gasteiger partial charge is 0.411 e. The van der Waals surface area contributed by atoms with Gasteiger partial charge in [0.25, 0.3) is 0 Å². The molecule has 0 aliphatic carbocycles. The predicted octanol–water partition coefficient (Wildman–Crippen LogP) is 5.01. The largest absolute Gasteiger partial charge is 0.445 e. The van der Waals surface area contributed by atoms with Crippen molar-refractivity contribution in [3.63, 3.8) is 0 Å². The molecule has 1 saturated heterocycles. The van der Waals surface area contributed by atoms with Gasteiger partial charge in [-0.15, -0.1) is 10.2 Å². The van der Waals surface area contributed by atoms with Crippen molar-refractivity contribution in [2.75, 3.05) is 48.4 Å². The average Bonchev–Trinajstić information content (AvgIpc) is 3.41. The van der Waals surface area contributed by atoms with E-state index >= 15 is 0 Å². The third-order valence-corrected chi connectivity index (χ3v) is 7.33. The van der Waals surface area contributed by atoms with Gasteiger partial charge in [0.2, 0.25) is 0 Å². The second kappa shape index (κ2) is 12.7. The molecule has 1 amide bonds. The molecule has 194 valence electrons. The molecule has 37 heavy (non-hydrogen) atoms. The number of aryl methyl sites for hydroxylation is 1. The van der Waals surface area contributed by atoms with Gasteiger partial charge in [-0.05, 0) is 37.1 Å². The van der Waals surface area contributed by atoms with Gasteiger partial charge in [0.05, 0.1) is 24.9 Å². The number of carbonyl (C=O) groups is 1. The summed E-state index contributed by atoms with van der Waals surface area (Å²) < 4.78 is 10.6. The average molecular weight is 539 g/mol. The van der Waals surface area contributed by atoms with Gasteiger partial charge in [-0.1, -0.05) is 55.3 Å². The summed E-state index contributed by atoms with van der Waals surface area (Å²) in [4.78, 5) is 19.6. The third-order valence-electron chi connectivity index (χ3n) is 5.71. The lowest BCUT2D eigenvalue weighted by molar-refractivity contribution is 0.122. The van der Waals surface area contributed by atoms with Crippen LogP contribution in [0.2, 0.25) is 0 Å². The Labute approximate surface area is 225 Å². The van der Waals surface area contributed by atoms with Crippen LogP contribution in [0.1, 0.15) is 41.2 Å². The van der Waals surface area contributed by atoms with Gasteiger partial charge in [-0.2, -0.15) is 0 Å². The molecule has 2 aromatic heterocycles. The SMILES string of the molecule is C=CCOC(=O)Nc1cccc(C(C)Nc2cc(N3CCOCC3)cc(C(=S)c3nnc(CC)s3)n2)c1. The highest BCUT2D eigenvalue weighted by atomic mass is 32.1. The van der Waals surface area contributed by atoms with Gasteiger partial charge < -0.3 is 19.7 Å². The van der Waals surface area contributed by atoms with E-state index < -0.39 is 6.09 Å². The van der Waals surface area contributed by atoms with Crippen LogP contribution in [-0.4, -0.2) is 59.0 Å². The van der Waals surface area contributed by atoms with E-state index in [0.29, 0.717) is 40.3 Å². The number of nitrogens with one attached hydrogen (secondary N) is 2. The Bertz CT molecular complexity index is 1260. The number of ether oxygens (including phenoxy) is 2. The molecule has 0 saturated carbocycles. The first-order chi connectivity index (χ1) is 18.0. The first-order valence-electron chi connectivity index (χ1n) is 12.1. The molecule has 0 bridgehead atoms. The van der Waals surface area contributed by atoms with Crippen LogP contribution < -0.4 is 15.5 Å². The monoisotopic (exact) mass is 538 g/mol. The number of rotatable bonds is 10. The third kappa shape index (κ3) is 7.09. The summed E-state index contributed by atoms with van der Waals surface area (Å²) in [5, 5.41) is 16.4. The van der Waals surface area contributed by atoms with Crippen molar-refractivity contribution >= 4 is 51.7 Å². The van der Waals surface area contributed by atoms with Crippen molar-refractivity contribution < 1.29 is 14.3 Å². The van der Waals surface area contributed by atoms with E-state index in [-0.39, 0.29) is 12.6 Å². The zero-order valence-corrected chi connectivity index (χ0v) is 22.5. The second-order valence-electron chi connectivity index (χ2n) is 8.38. The van der Waals surface area contributed by atoms with Gasteiger partial charge in [-0.3, -0.25) is 5.32 Å². The summed E-state index contributed by atoms with van der Waals surface area (Å²) in [5.74, 6) is 0.692. The number of hydrogen-bond donors (Lipinski definition) is 2. The molecule has 1 atom stereocenters. The minimum absolute atomic E-state index is 0.104. The molecular weight excluding hydrogens is 508 g/mol. The molecular formula is C26H30N6O3S2. The molecule has 1 unspecified atom stereocenters. The van der Waals surface area contributed by atoms with Crippen LogP contribution in [0.5, 0.6) is 0 Å². The quantitative estimate of drug-likeness (QED) is 0.210. The van der Waals surface area contributed by atoms with Crippen LogP contribution in [-0.2, 0) is 15.9 Å². The predicted molar refractivity (Wildman–Crippen MR) is 151 cm³/mol. The maximum Gasteiger partial charge on any atom is 0.411 e. The van der Waals surface area contributed by atoms with Crippen molar-refractivity contribution in [3.8, 4) is 0 Å². The number of carbonyl (C=O) groups excluding carboxylic acids is 1. The Kier molecular flexibility index (Phi) is 9.15. The van der Waals surface area contributed by atoms with Crippen molar-refractivity contribution in [3.05, 3.63) is 70.3 Å². The second-order valence-corrected chi connectivity index (χ2v) is 9.85. The van der Waals surface area contributed by atoms with E-state index in [1.807, 2.05) is 50.2 Å². The number of amides is 1. The summed E-state index contributed by atoms with van der Waals surface area (Å²) in [5.41, 5.74) is 3.31. The molecule has 2 N–H and O–H groups in total. The molecule has 1 aromatic carbocycles. The van der Waals surface area contributed by atoms with Gasteiger partial charge in [0.1, 0.15) is 22.3 Å². The molecule has 9 nitrogen and oxygen atoms in total. The number of nitrogens with zero attached hydrogens (tertiary/aromatic N) is 4. The summed E-state index contributed by atoms with van der Waals surface area (Å²) in [6.45, 7) is 10.7. The Morgan fingerprint density at radius 1 is 1.30 bits per heavy atom. The summed E-state index contributed by atoms with van der Waals surface area (Å²) in [7, 11) is 0. The van der Waals surface area contributed by atoms with Crippen LogP contribution in [0.25, 0.3) is 0 Å². The van der Waals surface area contributed by atoms with Gasteiger partial charge in [0, 0.05) is 30.5 Å². The topological polar surface area (TPSA) is 102 Å². The number of morpholine rings is 1. The number of anilines is 3. The van der Waals surface area contributed by atoms with Crippen LogP contribution in [0.15, 0.2) is 49.1 Å². The van der Waals surface area contributed by atoms with Crippen LogP contribution in [0.3, 0.4) is 0 Å². The minimum Gasteiger partial charge on any atom is -0.445 e. The Morgan fingerprint density at radius 2 is 2.11 bits per heavy atom. The zero-order valence-electron chi connectivity index (χ0n) is 20.9. The fourth-order valence-electron chi connectivity index (χ4n) is 3.79. The van der Waals surface area contributed by atoms with E-state index in [4.69, 9.17) is 26.7 Å². The Morgan fingerprint density at radius 3 is 2.84 bits per heavy atom. The lowest BCUT2D eigenvalue weighted by Crippen LogP contribution is -2.36. The maximum absolute atomic E-state index is 11.9. The van der Waals surface area contributed by atoms with Crippen molar-refractivity contribution in [2.45, 2.75) is 26.3 Å². The minimum atomic E-state index is -0.529. The number of pyridine rings is 1. The van der Waals surface area contributed by atoms with Gasteiger partial charge in [-0.25, -0.2) is 9.78 Å². The van der Waals surface area contributed by atoms with Crippen LogP contribution in [0, 0.1) is 0 Å². The normalized spacial score (nSPS) is 14.1. The van der Waals surface area contributed by atoms with Crippen LogP contribution in [0.4, 0.5) is 22.0 Å². The molecule has 0 spiro atoms. The van der Waals surface area contributed by atoms with Crippen molar-refractivity contribution in [2.24, 2.45) is 0 Å². The summed E-state index contributed by atoms with van der Waals surface area (Å²) in [6, 6.07) is 11.5. The summed E-state index contributed by atoms with van der Waals surface area (Å²) >= 11 is 7.28. The molecule has 1 aliphatic heterocycles. The molecule has 3 heterocycles. The number of hydrogen-bond acceptors (Lipinski definition) is 10. The molecule has 11 heteroatoms. The number of benzene rings is 1. The number of aromatic nitrogens is 3. The number of thiocarbonyl (C=S) groups is 1. The molecule has 1 aliphatic rings. The zero-order chi connectivity index (χ0) is 26.2. The molecule has 3 aromatic rings. The molecule has 4 rings (SSSR count). The lowest BCUT2D eigenvalue weighted by atomic mass is 10.1. The standard InChI is InChI=1S/C26H30N6O3S2/c1-4-11-35-26(33)28-19-8-6-7-18(14-19)17(3)27-22-16-20(32-9-12-34-13-10-32)15-21(29-22)24(36)25-31-30-23(5-2)37-25/h4,6-8,14-17H,1,5,9-13H2,2-3H3,(H,27,29)(H,28,33). The van der Waals surface area contributed by atoms with Crippen LogP contribution >= 0.6 is 23.6 Å². The Hall–Kier alpha value is -3.41.